The molecule has 17 heavy (non-hydrogen) atoms. The molecule has 1 spiro atoms. The SMILES string of the molecule is C[C@@H]1CCC2C(C)(C)[C@H]3C[C@]21[C@@H](O)C[C@@]3(C)O. The molecule has 0 aliphatic heterocycles. The van der Waals surface area contributed by atoms with Crippen LogP contribution in [0.5, 0.6) is 0 Å². The molecule has 3 aliphatic rings. The molecule has 0 aromatic rings. The Morgan fingerprint density at radius 3 is 2.29 bits per heavy atom. The fourth-order valence-electron chi connectivity index (χ4n) is 6.01. The first-order valence-electron chi connectivity index (χ1n) is 7.13. The van der Waals surface area contributed by atoms with E-state index in [0.717, 1.165) is 6.42 Å². The number of aliphatic hydroxyl groups excluding tert-OH is 1. The Balaban J connectivity index is 2.12. The van der Waals surface area contributed by atoms with Gasteiger partial charge in [0.1, 0.15) is 0 Å². The van der Waals surface area contributed by atoms with E-state index < -0.39 is 5.60 Å². The average Bonchev–Trinajstić information content (AvgIpc) is 2.60. The molecular formula is C15H26O2. The van der Waals surface area contributed by atoms with Crippen LogP contribution in [-0.4, -0.2) is 21.9 Å². The molecule has 0 radical (unpaired) electrons. The molecule has 2 nitrogen and oxygen atoms in total. The van der Waals surface area contributed by atoms with Crippen molar-refractivity contribution >= 4 is 0 Å². The Bertz CT molecular complexity index is 347. The summed E-state index contributed by atoms with van der Waals surface area (Å²) in [6.07, 6.45) is 3.78. The van der Waals surface area contributed by atoms with Crippen molar-refractivity contribution < 1.29 is 10.2 Å². The third-order valence-electron chi connectivity index (χ3n) is 6.79. The molecule has 98 valence electrons. The smallest absolute Gasteiger partial charge is 0.0678 e. The normalized spacial score (nSPS) is 60.4. The monoisotopic (exact) mass is 238 g/mol. The first kappa shape index (κ1) is 12.0. The lowest BCUT2D eigenvalue weighted by Gasteiger charge is -2.47. The fourth-order valence-corrected chi connectivity index (χ4v) is 6.01. The van der Waals surface area contributed by atoms with Gasteiger partial charge >= 0.3 is 0 Å². The van der Waals surface area contributed by atoms with Crippen LogP contribution < -0.4 is 0 Å². The van der Waals surface area contributed by atoms with Gasteiger partial charge in [0.25, 0.3) is 0 Å². The van der Waals surface area contributed by atoms with Gasteiger partial charge < -0.3 is 10.2 Å². The number of aliphatic hydroxyl groups is 2. The van der Waals surface area contributed by atoms with Gasteiger partial charge in [0.2, 0.25) is 0 Å². The summed E-state index contributed by atoms with van der Waals surface area (Å²) in [6.45, 7) is 8.87. The number of hydrogen-bond acceptors (Lipinski definition) is 2. The van der Waals surface area contributed by atoms with Crippen LogP contribution in [-0.2, 0) is 0 Å². The number of fused-ring (bicyclic) bond motifs is 1. The van der Waals surface area contributed by atoms with E-state index in [1.54, 1.807) is 0 Å². The second-order valence-corrected chi connectivity index (χ2v) is 7.80. The molecule has 3 fully saturated rings. The summed E-state index contributed by atoms with van der Waals surface area (Å²) in [5.74, 6) is 1.56. The zero-order valence-corrected chi connectivity index (χ0v) is 11.5. The summed E-state index contributed by atoms with van der Waals surface area (Å²) in [7, 11) is 0. The fraction of sp³-hybridized carbons (Fsp3) is 1.00. The second kappa shape index (κ2) is 3.08. The lowest BCUT2D eigenvalue weighted by Crippen LogP contribution is -2.50. The minimum atomic E-state index is -0.682. The highest BCUT2D eigenvalue weighted by molar-refractivity contribution is 5.19. The highest BCUT2D eigenvalue weighted by Gasteiger charge is 2.70. The summed E-state index contributed by atoms with van der Waals surface area (Å²) < 4.78 is 0. The summed E-state index contributed by atoms with van der Waals surface area (Å²) in [5.41, 5.74) is -0.402. The van der Waals surface area contributed by atoms with Gasteiger partial charge in [0.15, 0.2) is 0 Å². The number of hydrogen-bond donors (Lipinski definition) is 2. The zero-order valence-electron chi connectivity index (χ0n) is 11.5. The molecule has 2 N–H and O–H groups in total. The molecule has 2 heteroatoms. The Morgan fingerprint density at radius 1 is 1.00 bits per heavy atom. The molecule has 3 saturated carbocycles. The quantitative estimate of drug-likeness (QED) is 0.681. The van der Waals surface area contributed by atoms with E-state index in [-0.39, 0.29) is 16.9 Å². The third kappa shape index (κ3) is 1.19. The maximum Gasteiger partial charge on any atom is 0.0678 e. The molecule has 0 heterocycles. The molecule has 0 aromatic carbocycles. The zero-order chi connectivity index (χ0) is 12.6. The van der Waals surface area contributed by atoms with Gasteiger partial charge in [-0.1, -0.05) is 20.8 Å². The maximum absolute atomic E-state index is 10.6. The third-order valence-corrected chi connectivity index (χ3v) is 6.79. The van der Waals surface area contributed by atoms with Gasteiger partial charge in [-0.05, 0) is 49.4 Å². The first-order chi connectivity index (χ1) is 7.73. The van der Waals surface area contributed by atoms with E-state index >= 15 is 0 Å². The molecule has 0 aromatic heterocycles. The maximum atomic E-state index is 10.6. The van der Waals surface area contributed by atoms with E-state index in [2.05, 4.69) is 20.8 Å². The minimum Gasteiger partial charge on any atom is -0.392 e. The van der Waals surface area contributed by atoms with E-state index in [0.29, 0.717) is 24.2 Å². The Hall–Kier alpha value is -0.0800. The lowest BCUT2D eigenvalue weighted by molar-refractivity contribution is -0.127. The van der Waals surface area contributed by atoms with Crippen molar-refractivity contribution in [3.63, 3.8) is 0 Å². The van der Waals surface area contributed by atoms with Crippen LogP contribution in [0.4, 0.5) is 0 Å². The number of rotatable bonds is 0. The predicted octanol–water partition coefficient (Wildman–Crippen LogP) is 2.58. The molecule has 0 saturated heterocycles. The highest BCUT2D eigenvalue weighted by Crippen LogP contribution is 2.72. The van der Waals surface area contributed by atoms with Crippen LogP contribution in [0.15, 0.2) is 0 Å². The standard InChI is InChI=1S/C15H26O2/c1-9-5-6-10-13(2,3)11-7-15(9,10)12(16)8-14(11,4)17/h9-12,16-17H,5-8H2,1-4H3/t9-,10?,11-,12+,14-,15-/m1/s1. The van der Waals surface area contributed by atoms with Crippen molar-refractivity contribution in [2.45, 2.75) is 65.1 Å². The summed E-state index contributed by atoms with van der Waals surface area (Å²) in [6, 6.07) is 0. The highest BCUT2D eigenvalue weighted by atomic mass is 16.3. The Kier molecular flexibility index (Phi) is 2.17. The van der Waals surface area contributed by atoms with E-state index in [9.17, 15) is 10.2 Å². The van der Waals surface area contributed by atoms with Crippen LogP contribution in [0.25, 0.3) is 0 Å². The topological polar surface area (TPSA) is 40.5 Å². The van der Waals surface area contributed by atoms with Gasteiger partial charge in [0.05, 0.1) is 11.7 Å². The van der Waals surface area contributed by atoms with Crippen LogP contribution in [0.1, 0.15) is 53.4 Å². The van der Waals surface area contributed by atoms with Crippen molar-refractivity contribution in [3.8, 4) is 0 Å². The molecule has 2 bridgehead atoms. The van der Waals surface area contributed by atoms with Gasteiger partial charge in [0, 0.05) is 11.8 Å². The Morgan fingerprint density at radius 2 is 1.65 bits per heavy atom. The predicted molar refractivity (Wildman–Crippen MR) is 67.5 cm³/mol. The lowest BCUT2D eigenvalue weighted by atomic mass is 9.62. The molecule has 0 amide bonds. The summed E-state index contributed by atoms with van der Waals surface area (Å²) in [4.78, 5) is 0. The van der Waals surface area contributed by atoms with Gasteiger partial charge in [-0.2, -0.15) is 0 Å². The van der Waals surface area contributed by atoms with Crippen LogP contribution in [0, 0.1) is 28.6 Å². The molecule has 6 atom stereocenters. The Labute approximate surface area is 104 Å². The van der Waals surface area contributed by atoms with E-state index in [1.807, 2.05) is 6.92 Å². The van der Waals surface area contributed by atoms with Gasteiger partial charge in [-0.3, -0.25) is 0 Å². The van der Waals surface area contributed by atoms with Crippen molar-refractivity contribution in [2.24, 2.45) is 28.6 Å². The van der Waals surface area contributed by atoms with Crippen molar-refractivity contribution in [1.82, 2.24) is 0 Å². The van der Waals surface area contributed by atoms with Gasteiger partial charge in [-0.25, -0.2) is 0 Å². The van der Waals surface area contributed by atoms with Crippen molar-refractivity contribution in [1.29, 1.82) is 0 Å². The molecular weight excluding hydrogens is 212 g/mol. The first-order valence-corrected chi connectivity index (χ1v) is 7.13. The molecule has 3 aliphatic carbocycles. The van der Waals surface area contributed by atoms with E-state index in [4.69, 9.17) is 0 Å². The summed E-state index contributed by atoms with van der Waals surface area (Å²) >= 11 is 0. The van der Waals surface area contributed by atoms with Crippen LogP contribution in [0.3, 0.4) is 0 Å². The molecule has 1 unspecified atom stereocenters. The minimum absolute atomic E-state index is 0.108. The van der Waals surface area contributed by atoms with Crippen molar-refractivity contribution in [2.75, 3.05) is 0 Å². The van der Waals surface area contributed by atoms with Crippen LogP contribution in [0.2, 0.25) is 0 Å². The van der Waals surface area contributed by atoms with Crippen molar-refractivity contribution in [3.05, 3.63) is 0 Å². The van der Waals surface area contributed by atoms with Crippen LogP contribution >= 0.6 is 0 Å². The average molecular weight is 238 g/mol. The summed E-state index contributed by atoms with van der Waals surface area (Å²) in [5, 5.41) is 21.3. The second-order valence-electron chi connectivity index (χ2n) is 7.80. The van der Waals surface area contributed by atoms with Gasteiger partial charge in [-0.15, -0.1) is 0 Å². The molecule has 3 rings (SSSR count). The largest absolute Gasteiger partial charge is 0.392 e. The van der Waals surface area contributed by atoms with E-state index in [1.165, 1.54) is 12.8 Å².